The van der Waals surface area contributed by atoms with Crippen LogP contribution in [0, 0.1) is 6.92 Å². The highest BCUT2D eigenvalue weighted by Gasteiger charge is 2.21. The summed E-state index contributed by atoms with van der Waals surface area (Å²) < 4.78 is 5.63. The molecule has 0 spiro atoms. The van der Waals surface area contributed by atoms with Crippen LogP contribution in [0.3, 0.4) is 0 Å². The second-order valence-corrected chi connectivity index (χ2v) is 6.69. The maximum atomic E-state index is 12.3. The number of nitrogens with zero attached hydrogens (tertiary/aromatic N) is 1. The van der Waals surface area contributed by atoms with E-state index in [1.54, 1.807) is 7.11 Å². The molecule has 0 saturated carbocycles. The summed E-state index contributed by atoms with van der Waals surface area (Å²) in [5.74, 6) is 0.426. The number of carbonyl (C=O) groups excluding carboxylic acids is 1. The molecule has 1 amide bonds. The average molecular weight is 390 g/mol. The van der Waals surface area contributed by atoms with Gasteiger partial charge in [0.15, 0.2) is 0 Å². The lowest BCUT2D eigenvalue weighted by atomic mass is 9.95. The van der Waals surface area contributed by atoms with Crippen molar-refractivity contribution in [1.29, 1.82) is 0 Å². The molecule has 3 aromatic rings. The van der Waals surface area contributed by atoms with Crippen molar-refractivity contribution in [2.45, 2.75) is 13.8 Å². The Bertz CT molecular complexity index is 1000. The number of nitrogens with two attached hydrogens (primary N) is 1. The van der Waals surface area contributed by atoms with Crippen LogP contribution in [0.1, 0.15) is 12.5 Å². The van der Waals surface area contributed by atoms with Crippen molar-refractivity contribution in [3.05, 3.63) is 72.3 Å². The number of hydroxylamine groups is 1. The molecular formula is C24H26N2O3. The summed E-state index contributed by atoms with van der Waals surface area (Å²) in [7, 11) is 1.62. The summed E-state index contributed by atoms with van der Waals surface area (Å²) in [5, 5.41) is 1.28. The summed E-state index contributed by atoms with van der Waals surface area (Å²) in [5.41, 5.74) is 11.4. The highest BCUT2D eigenvalue weighted by atomic mass is 16.7. The van der Waals surface area contributed by atoms with Crippen molar-refractivity contribution in [3.8, 4) is 28.0 Å². The highest BCUT2D eigenvalue weighted by molar-refractivity contribution is 5.97. The van der Waals surface area contributed by atoms with Crippen molar-refractivity contribution in [2.75, 3.05) is 25.3 Å². The normalized spacial score (nSPS) is 10.6. The Morgan fingerprint density at radius 1 is 1.00 bits per heavy atom. The Balaban J connectivity index is 2.17. The van der Waals surface area contributed by atoms with Crippen LogP contribution in [0.15, 0.2) is 66.7 Å². The number of methoxy groups -OCH3 is 1. The minimum absolute atomic E-state index is 0.233. The van der Waals surface area contributed by atoms with Crippen molar-refractivity contribution in [1.82, 2.24) is 0 Å². The SMILES string of the molecule is COc1cccc(N(OCCN)C(C)=O)c1-c1cccc(-c2ccccc2C)c1. The second-order valence-electron chi connectivity index (χ2n) is 6.69. The Hall–Kier alpha value is -3.15. The van der Waals surface area contributed by atoms with Gasteiger partial charge in [-0.2, -0.15) is 5.06 Å². The summed E-state index contributed by atoms with van der Waals surface area (Å²) in [6.45, 7) is 4.10. The molecule has 3 aromatic carbocycles. The van der Waals surface area contributed by atoms with E-state index < -0.39 is 0 Å². The molecule has 0 aliphatic rings. The van der Waals surface area contributed by atoms with Crippen LogP contribution in [0.2, 0.25) is 0 Å². The largest absolute Gasteiger partial charge is 0.496 e. The van der Waals surface area contributed by atoms with E-state index in [4.69, 9.17) is 15.3 Å². The van der Waals surface area contributed by atoms with Gasteiger partial charge in [-0.1, -0.05) is 48.5 Å². The first-order valence-corrected chi connectivity index (χ1v) is 9.54. The number of hydrogen-bond donors (Lipinski definition) is 1. The molecule has 0 unspecified atom stereocenters. The van der Waals surface area contributed by atoms with E-state index in [-0.39, 0.29) is 12.5 Å². The zero-order chi connectivity index (χ0) is 20.8. The van der Waals surface area contributed by atoms with Crippen LogP contribution in [0.5, 0.6) is 5.75 Å². The van der Waals surface area contributed by atoms with E-state index >= 15 is 0 Å². The summed E-state index contributed by atoms with van der Waals surface area (Å²) >= 11 is 0. The Kier molecular flexibility index (Phi) is 6.65. The molecule has 0 fully saturated rings. The zero-order valence-corrected chi connectivity index (χ0v) is 17.0. The van der Waals surface area contributed by atoms with Crippen molar-refractivity contribution in [2.24, 2.45) is 5.73 Å². The van der Waals surface area contributed by atoms with E-state index in [1.165, 1.54) is 17.6 Å². The minimum Gasteiger partial charge on any atom is -0.496 e. The van der Waals surface area contributed by atoms with Gasteiger partial charge < -0.3 is 10.5 Å². The predicted octanol–water partition coefficient (Wildman–Crippen LogP) is 4.58. The number of ether oxygens (including phenoxy) is 1. The molecule has 0 aliphatic carbocycles. The van der Waals surface area contributed by atoms with Gasteiger partial charge in [-0.05, 0) is 47.4 Å². The van der Waals surface area contributed by atoms with E-state index in [2.05, 4.69) is 31.2 Å². The van der Waals surface area contributed by atoms with Gasteiger partial charge >= 0.3 is 0 Å². The number of hydrogen-bond acceptors (Lipinski definition) is 4. The van der Waals surface area contributed by atoms with Gasteiger partial charge in [0.2, 0.25) is 5.91 Å². The average Bonchev–Trinajstić information content (AvgIpc) is 2.74. The lowest BCUT2D eigenvalue weighted by Crippen LogP contribution is -2.31. The third-order valence-electron chi connectivity index (χ3n) is 4.67. The molecule has 0 aliphatic heterocycles. The molecule has 5 heteroatoms. The van der Waals surface area contributed by atoms with Crippen LogP contribution < -0.4 is 15.5 Å². The monoisotopic (exact) mass is 390 g/mol. The standard InChI is InChI=1S/C24H26N2O3/c1-17-8-4-5-11-21(17)19-9-6-10-20(16-19)24-22(12-7-13-23(24)28-3)26(18(2)27)29-15-14-25/h4-13,16H,14-15,25H2,1-3H3. The number of rotatable bonds is 7. The van der Waals surface area contributed by atoms with Crippen molar-refractivity contribution < 1.29 is 14.4 Å². The van der Waals surface area contributed by atoms with Gasteiger partial charge in [0.25, 0.3) is 0 Å². The van der Waals surface area contributed by atoms with E-state index in [0.717, 1.165) is 22.3 Å². The Labute approximate surface area is 171 Å². The zero-order valence-electron chi connectivity index (χ0n) is 17.0. The minimum atomic E-state index is -0.233. The molecule has 29 heavy (non-hydrogen) atoms. The van der Waals surface area contributed by atoms with Crippen molar-refractivity contribution in [3.63, 3.8) is 0 Å². The number of aryl methyl sites for hydroxylation is 1. The van der Waals surface area contributed by atoms with Crippen molar-refractivity contribution >= 4 is 11.6 Å². The van der Waals surface area contributed by atoms with Crippen LogP contribution in [-0.4, -0.2) is 26.2 Å². The van der Waals surface area contributed by atoms with Gasteiger partial charge in [0.1, 0.15) is 5.75 Å². The number of benzene rings is 3. The van der Waals surface area contributed by atoms with Gasteiger partial charge in [0.05, 0.1) is 25.0 Å². The first-order chi connectivity index (χ1) is 14.1. The number of carbonyl (C=O) groups is 1. The summed E-state index contributed by atoms with van der Waals surface area (Å²) in [4.78, 5) is 17.9. The number of anilines is 1. The smallest absolute Gasteiger partial charge is 0.247 e. The topological polar surface area (TPSA) is 64.8 Å². The fraction of sp³-hybridized carbons (Fsp3) is 0.208. The van der Waals surface area contributed by atoms with E-state index in [1.807, 2.05) is 42.5 Å². The molecule has 0 radical (unpaired) electrons. The molecule has 3 rings (SSSR count). The molecule has 0 saturated heterocycles. The van der Waals surface area contributed by atoms with Gasteiger partial charge in [-0.3, -0.25) is 9.63 Å². The molecule has 150 valence electrons. The summed E-state index contributed by atoms with van der Waals surface area (Å²) in [6.07, 6.45) is 0. The molecule has 0 heterocycles. The molecule has 2 N–H and O–H groups in total. The van der Waals surface area contributed by atoms with E-state index in [0.29, 0.717) is 18.0 Å². The van der Waals surface area contributed by atoms with Gasteiger partial charge in [0, 0.05) is 13.5 Å². The molecule has 0 atom stereocenters. The third-order valence-corrected chi connectivity index (χ3v) is 4.67. The first-order valence-electron chi connectivity index (χ1n) is 9.54. The fourth-order valence-corrected chi connectivity index (χ4v) is 3.36. The fourth-order valence-electron chi connectivity index (χ4n) is 3.36. The second kappa shape index (κ2) is 9.37. The van der Waals surface area contributed by atoms with Crippen LogP contribution in [0.4, 0.5) is 5.69 Å². The Morgan fingerprint density at radius 3 is 2.41 bits per heavy atom. The summed E-state index contributed by atoms with van der Waals surface area (Å²) in [6, 6.07) is 22.0. The highest BCUT2D eigenvalue weighted by Crippen LogP contribution is 2.40. The molecule has 0 aromatic heterocycles. The lowest BCUT2D eigenvalue weighted by molar-refractivity contribution is -0.123. The number of amides is 1. The maximum Gasteiger partial charge on any atom is 0.247 e. The maximum absolute atomic E-state index is 12.3. The van der Waals surface area contributed by atoms with Gasteiger partial charge in [-0.15, -0.1) is 0 Å². The Morgan fingerprint density at radius 2 is 1.72 bits per heavy atom. The van der Waals surface area contributed by atoms with Crippen LogP contribution in [-0.2, 0) is 9.63 Å². The lowest BCUT2D eigenvalue weighted by Gasteiger charge is -2.24. The van der Waals surface area contributed by atoms with Gasteiger partial charge in [-0.25, -0.2) is 0 Å². The quantitative estimate of drug-likeness (QED) is 0.600. The van der Waals surface area contributed by atoms with E-state index in [9.17, 15) is 4.79 Å². The molecule has 5 nitrogen and oxygen atoms in total. The van der Waals surface area contributed by atoms with Crippen LogP contribution >= 0.6 is 0 Å². The predicted molar refractivity (Wildman–Crippen MR) is 117 cm³/mol. The third kappa shape index (κ3) is 4.47. The molecular weight excluding hydrogens is 364 g/mol. The molecule has 0 bridgehead atoms. The van der Waals surface area contributed by atoms with Crippen LogP contribution in [0.25, 0.3) is 22.3 Å². The first kappa shape index (κ1) is 20.6.